The topological polar surface area (TPSA) is 56.9 Å². The zero-order valence-corrected chi connectivity index (χ0v) is 18.8. The third-order valence-electron chi connectivity index (χ3n) is 6.18. The first-order valence-electron chi connectivity index (χ1n) is 10.9. The maximum atomic E-state index is 5.30. The molecule has 6 nitrogen and oxygen atoms in total. The van der Waals surface area contributed by atoms with E-state index in [0.29, 0.717) is 0 Å². The van der Waals surface area contributed by atoms with Gasteiger partial charge in [-0.3, -0.25) is 4.68 Å². The minimum atomic E-state index is 0.205. The van der Waals surface area contributed by atoms with Gasteiger partial charge in [-0.2, -0.15) is 10.2 Å². The first-order valence-corrected chi connectivity index (χ1v) is 10.9. The molecule has 160 valence electrons. The maximum absolute atomic E-state index is 5.30. The zero-order chi connectivity index (χ0) is 21.3. The molecular weight excluding hydrogens is 374 g/mol. The maximum Gasteiger partial charge on any atom is 0.119 e. The number of hydrogen-bond acceptors (Lipinski definition) is 4. The number of methoxy groups -OCH3 is 1. The third-order valence-corrected chi connectivity index (χ3v) is 6.18. The second-order valence-corrected chi connectivity index (χ2v) is 9.11. The van der Waals surface area contributed by atoms with Gasteiger partial charge in [-0.05, 0) is 55.9 Å². The molecule has 1 aromatic carbocycles. The second kappa shape index (κ2) is 8.26. The van der Waals surface area contributed by atoms with E-state index in [9.17, 15) is 0 Å². The van der Waals surface area contributed by atoms with Gasteiger partial charge < -0.3 is 10.1 Å². The average molecular weight is 408 g/mol. The Morgan fingerprint density at radius 1 is 1.17 bits per heavy atom. The van der Waals surface area contributed by atoms with Gasteiger partial charge in [0.15, 0.2) is 0 Å². The first-order chi connectivity index (χ1) is 14.4. The highest BCUT2D eigenvalue weighted by Crippen LogP contribution is 2.41. The largest absolute Gasteiger partial charge is 0.497 e. The monoisotopic (exact) mass is 407 g/mol. The number of nitrogens with one attached hydrogen (secondary N) is 1. The molecule has 0 radical (unpaired) electrons. The summed E-state index contributed by atoms with van der Waals surface area (Å²) in [5.41, 5.74) is 6.42. The molecule has 1 atom stereocenters. The van der Waals surface area contributed by atoms with Gasteiger partial charge in [0.25, 0.3) is 0 Å². The third kappa shape index (κ3) is 4.01. The molecule has 0 amide bonds. The highest BCUT2D eigenvalue weighted by Gasteiger charge is 2.35. The number of aromatic nitrogens is 4. The van der Waals surface area contributed by atoms with E-state index in [4.69, 9.17) is 9.84 Å². The Labute approximate surface area is 179 Å². The van der Waals surface area contributed by atoms with Crippen LogP contribution in [0.1, 0.15) is 62.2 Å². The molecule has 30 heavy (non-hydrogen) atoms. The molecule has 0 saturated heterocycles. The molecule has 0 aliphatic heterocycles. The average Bonchev–Trinajstić information content (AvgIpc) is 3.29. The van der Waals surface area contributed by atoms with Crippen LogP contribution in [0.3, 0.4) is 0 Å². The van der Waals surface area contributed by atoms with Crippen molar-refractivity contribution in [3.63, 3.8) is 0 Å². The number of ether oxygens (including phenoxy) is 1. The summed E-state index contributed by atoms with van der Waals surface area (Å²) < 4.78 is 9.50. The quantitative estimate of drug-likeness (QED) is 0.622. The summed E-state index contributed by atoms with van der Waals surface area (Å²) in [6.07, 6.45) is 7.25. The molecule has 1 aliphatic rings. The van der Waals surface area contributed by atoms with Gasteiger partial charge in [0.1, 0.15) is 5.75 Å². The predicted molar refractivity (Wildman–Crippen MR) is 119 cm³/mol. The van der Waals surface area contributed by atoms with E-state index >= 15 is 0 Å². The normalized spacial score (nSPS) is 17.7. The highest BCUT2D eigenvalue weighted by atomic mass is 16.5. The van der Waals surface area contributed by atoms with E-state index in [2.05, 4.69) is 59.6 Å². The molecule has 1 N–H and O–H groups in total. The lowest BCUT2D eigenvalue weighted by atomic mass is 9.74. The van der Waals surface area contributed by atoms with E-state index in [1.807, 2.05) is 24.5 Å². The van der Waals surface area contributed by atoms with Crippen LogP contribution in [-0.4, -0.2) is 26.7 Å². The lowest BCUT2D eigenvalue weighted by molar-refractivity contribution is 0.252. The van der Waals surface area contributed by atoms with Crippen molar-refractivity contribution in [1.82, 2.24) is 24.9 Å². The predicted octanol–water partition coefficient (Wildman–Crippen LogP) is 4.60. The number of rotatable bonds is 7. The zero-order valence-electron chi connectivity index (χ0n) is 18.8. The molecular formula is C24H33N5O. The Hall–Kier alpha value is -2.60. The SMILES string of the molecule is CCCn1ncc(CN[C@@H]2CC(C)(C)Cc3c2cnn3-c2ccc(OC)cc2)c1C. The summed E-state index contributed by atoms with van der Waals surface area (Å²) >= 11 is 0. The molecule has 6 heteroatoms. The van der Waals surface area contributed by atoms with Crippen LogP contribution in [0.4, 0.5) is 0 Å². The summed E-state index contributed by atoms with van der Waals surface area (Å²) in [5, 5.41) is 13.1. The molecule has 0 spiro atoms. The van der Waals surface area contributed by atoms with Gasteiger partial charge in [-0.15, -0.1) is 0 Å². The van der Waals surface area contributed by atoms with Crippen molar-refractivity contribution >= 4 is 0 Å². The van der Waals surface area contributed by atoms with Crippen molar-refractivity contribution in [3.05, 3.63) is 59.2 Å². The fourth-order valence-electron chi connectivity index (χ4n) is 4.50. The highest BCUT2D eigenvalue weighted by molar-refractivity contribution is 5.41. The molecule has 0 saturated carbocycles. The number of hydrogen-bond donors (Lipinski definition) is 1. The van der Waals surface area contributed by atoms with Crippen molar-refractivity contribution in [2.24, 2.45) is 5.41 Å². The van der Waals surface area contributed by atoms with Crippen LogP contribution >= 0.6 is 0 Å². The Balaban J connectivity index is 1.58. The fraction of sp³-hybridized carbons (Fsp3) is 0.500. The van der Waals surface area contributed by atoms with Crippen molar-refractivity contribution in [3.8, 4) is 11.4 Å². The Morgan fingerprint density at radius 2 is 1.93 bits per heavy atom. The van der Waals surface area contributed by atoms with E-state index in [0.717, 1.165) is 43.8 Å². The van der Waals surface area contributed by atoms with E-state index in [1.165, 1.54) is 22.5 Å². The molecule has 2 heterocycles. The van der Waals surface area contributed by atoms with Crippen LogP contribution in [0.15, 0.2) is 36.7 Å². The minimum absolute atomic E-state index is 0.205. The van der Waals surface area contributed by atoms with Gasteiger partial charge >= 0.3 is 0 Å². The Morgan fingerprint density at radius 3 is 2.63 bits per heavy atom. The van der Waals surface area contributed by atoms with E-state index < -0.39 is 0 Å². The fourth-order valence-corrected chi connectivity index (χ4v) is 4.50. The van der Waals surface area contributed by atoms with Crippen LogP contribution in [0.5, 0.6) is 5.75 Å². The first kappa shape index (κ1) is 20.7. The molecule has 0 unspecified atom stereocenters. The van der Waals surface area contributed by atoms with Crippen LogP contribution in [0.2, 0.25) is 0 Å². The minimum Gasteiger partial charge on any atom is -0.497 e. The summed E-state index contributed by atoms with van der Waals surface area (Å²) in [5.74, 6) is 0.860. The van der Waals surface area contributed by atoms with Gasteiger partial charge in [-0.25, -0.2) is 4.68 Å². The molecule has 0 fully saturated rings. The molecule has 2 aromatic heterocycles. The Bertz CT molecular complexity index is 999. The van der Waals surface area contributed by atoms with Crippen molar-refractivity contribution in [1.29, 1.82) is 0 Å². The second-order valence-electron chi connectivity index (χ2n) is 9.11. The Kier molecular flexibility index (Phi) is 5.69. The number of fused-ring (bicyclic) bond motifs is 1. The molecule has 3 aromatic rings. The van der Waals surface area contributed by atoms with Crippen LogP contribution < -0.4 is 10.1 Å². The number of nitrogens with zero attached hydrogens (tertiary/aromatic N) is 4. The van der Waals surface area contributed by atoms with E-state index in [1.54, 1.807) is 7.11 Å². The standard InChI is InChI=1S/C24H33N5O/c1-6-11-28-17(2)18(15-26-28)14-25-22-12-24(3,4)13-23-21(22)16-27-29(23)19-7-9-20(30-5)10-8-19/h7-10,15-16,22,25H,6,11-14H2,1-5H3/t22-/m1/s1. The van der Waals surface area contributed by atoms with Gasteiger partial charge in [0.2, 0.25) is 0 Å². The van der Waals surface area contributed by atoms with Gasteiger partial charge in [-0.1, -0.05) is 20.8 Å². The molecule has 4 rings (SSSR count). The number of aryl methyl sites for hydroxylation is 1. The van der Waals surface area contributed by atoms with Crippen molar-refractivity contribution in [2.45, 2.75) is 66.1 Å². The summed E-state index contributed by atoms with van der Waals surface area (Å²) in [7, 11) is 1.69. The lowest BCUT2D eigenvalue weighted by Crippen LogP contribution is -2.33. The van der Waals surface area contributed by atoms with Crippen LogP contribution in [0.25, 0.3) is 5.69 Å². The molecule has 1 aliphatic carbocycles. The summed E-state index contributed by atoms with van der Waals surface area (Å²) in [4.78, 5) is 0. The van der Waals surface area contributed by atoms with Crippen molar-refractivity contribution in [2.75, 3.05) is 7.11 Å². The van der Waals surface area contributed by atoms with Crippen LogP contribution in [-0.2, 0) is 19.5 Å². The van der Waals surface area contributed by atoms with E-state index in [-0.39, 0.29) is 11.5 Å². The van der Waals surface area contributed by atoms with Gasteiger partial charge in [0, 0.05) is 41.6 Å². The summed E-state index contributed by atoms with van der Waals surface area (Å²) in [6.45, 7) is 10.8. The summed E-state index contributed by atoms with van der Waals surface area (Å²) in [6, 6.07) is 8.40. The van der Waals surface area contributed by atoms with Gasteiger partial charge in [0.05, 0.1) is 25.2 Å². The molecule has 0 bridgehead atoms. The van der Waals surface area contributed by atoms with Crippen LogP contribution in [0, 0.1) is 12.3 Å². The lowest BCUT2D eigenvalue weighted by Gasteiger charge is -2.36. The van der Waals surface area contributed by atoms with Crippen molar-refractivity contribution < 1.29 is 4.74 Å². The smallest absolute Gasteiger partial charge is 0.119 e. The number of benzene rings is 1.